The molecule has 0 amide bonds. The van der Waals surface area contributed by atoms with Crippen molar-refractivity contribution in [1.82, 2.24) is 0 Å². The molecular formula is C9H12ClNO2. The zero-order valence-corrected chi connectivity index (χ0v) is 7.99. The molecule has 0 heterocycles. The Labute approximate surface area is 81.8 Å². The van der Waals surface area contributed by atoms with E-state index >= 15 is 0 Å². The van der Waals surface area contributed by atoms with Gasteiger partial charge in [-0.15, -0.1) is 0 Å². The van der Waals surface area contributed by atoms with Gasteiger partial charge >= 0.3 is 0 Å². The van der Waals surface area contributed by atoms with Crippen molar-refractivity contribution in [2.75, 3.05) is 0 Å². The van der Waals surface area contributed by atoms with Crippen LogP contribution in [0.4, 0.5) is 0 Å². The minimum absolute atomic E-state index is 0.0427. The van der Waals surface area contributed by atoms with Crippen LogP contribution in [0.2, 0.25) is 5.02 Å². The van der Waals surface area contributed by atoms with Gasteiger partial charge in [0.05, 0.1) is 11.1 Å². The SMILES string of the molecule is CC(N)C(O)c1ccc(Cl)c(O)c1. The summed E-state index contributed by atoms with van der Waals surface area (Å²) in [6.45, 7) is 1.69. The summed E-state index contributed by atoms with van der Waals surface area (Å²) in [4.78, 5) is 0. The van der Waals surface area contributed by atoms with Gasteiger partial charge in [-0.05, 0) is 24.6 Å². The summed E-state index contributed by atoms with van der Waals surface area (Å²) >= 11 is 5.60. The largest absolute Gasteiger partial charge is 0.506 e. The number of phenolic OH excluding ortho intramolecular Hbond substituents is 1. The van der Waals surface area contributed by atoms with Crippen LogP contribution in [0, 0.1) is 0 Å². The Bertz CT molecular complexity index is 302. The molecule has 0 saturated heterocycles. The number of aliphatic hydroxyl groups excluding tert-OH is 1. The normalized spacial score (nSPS) is 15.4. The lowest BCUT2D eigenvalue weighted by molar-refractivity contribution is 0.153. The van der Waals surface area contributed by atoms with Crippen LogP contribution in [0.1, 0.15) is 18.6 Å². The van der Waals surface area contributed by atoms with E-state index in [2.05, 4.69) is 0 Å². The lowest BCUT2D eigenvalue weighted by Gasteiger charge is -2.14. The molecule has 72 valence electrons. The molecule has 3 nitrogen and oxygen atoms in total. The first kappa shape index (κ1) is 10.3. The third-order valence-corrected chi connectivity index (χ3v) is 2.13. The molecule has 4 N–H and O–H groups in total. The van der Waals surface area contributed by atoms with Gasteiger partial charge in [0, 0.05) is 6.04 Å². The van der Waals surface area contributed by atoms with Crippen LogP contribution in [0.5, 0.6) is 5.75 Å². The topological polar surface area (TPSA) is 66.5 Å². The zero-order valence-electron chi connectivity index (χ0n) is 7.24. The minimum Gasteiger partial charge on any atom is -0.506 e. The van der Waals surface area contributed by atoms with Gasteiger partial charge in [-0.2, -0.15) is 0 Å². The van der Waals surface area contributed by atoms with E-state index in [1.807, 2.05) is 0 Å². The Morgan fingerprint density at radius 3 is 2.54 bits per heavy atom. The molecule has 0 aliphatic rings. The Balaban J connectivity index is 2.97. The van der Waals surface area contributed by atoms with E-state index in [0.29, 0.717) is 5.56 Å². The molecule has 2 unspecified atom stereocenters. The fourth-order valence-corrected chi connectivity index (χ4v) is 1.13. The lowest BCUT2D eigenvalue weighted by atomic mass is 10.0. The number of hydrogen-bond acceptors (Lipinski definition) is 3. The maximum atomic E-state index is 9.53. The van der Waals surface area contributed by atoms with Crippen molar-refractivity contribution >= 4 is 11.6 Å². The van der Waals surface area contributed by atoms with Crippen LogP contribution >= 0.6 is 11.6 Å². The van der Waals surface area contributed by atoms with E-state index in [0.717, 1.165) is 0 Å². The summed E-state index contributed by atoms with van der Waals surface area (Å²) in [5, 5.41) is 19.0. The van der Waals surface area contributed by atoms with Crippen molar-refractivity contribution in [3.05, 3.63) is 28.8 Å². The van der Waals surface area contributed by atoms with Crippen molar-refractivity contribution in [1.29, 1.82) is 0 Å². The minimum atomic E-state index is -0.775. The lowest BCUT2D eigenvalue weighted by Crippen LogP contribution is -2.24. The number of rotatable bonds is 2. The summed E-state index contributed by atoms with van der Waals surface area (Å²) in [6, 6.07) is 4.20. The fourth-order valence-electron chi connectivity index (χ4n) is 1.02. The molecule has 0 aliphatic carbocycles. The molecule has 0 aromatic heterocycles. The van der Waals surface area contributed by atoms with Crippen LogP contribution < -0.4 is 5.73 Å². The highest BCUT2D eigenvalue weighted by atomic mass is 35.5. The first-order valence-electron chi connectivity index (χ1n) is 3.94. The van der Waals surface area contributed by atoms with Crippen molar-refractivity contribution in [2.24, 2.45) is 5.73 Å². The number of halogens is 1. The number of benzene rings is 1. The molecule has 0 fully saturated rings. The molecule has 1 aromatic carbocycles. The predicted molar refractivity (Wildman–Crippen MR) is 51.7 cm³/mol. The molecule has 1 aromatic rings. The fraction of sp³-hybridized carbons (Fsp3) is 0.333. The number of phenols is 1. The molecular weight excluding hydrogens is 190 g/mol. The smallest absolute Gasteiger partial charge is 0.134 e. The monoisotopic (exact) mass is 201 g/mol. The van der Waals surface area contributed by atoms with Gasteiger partial charge in [0.15, 0.2) is 0 Å². The van der Waals surface area contributed by atoms with Crippen LogP contribution in [0.15, 0.2) is 18.2 Å². The summed E-state index contributed by atoms with van der Waals surface area (Å²) in [5.41, 5.74) is 6.06. The van der Waals surface area contributed by atoms with Crippen molar-refractivity contribution in [2.45, 2.75) is 19.1 Å². The van der Waals surface area contributed by atoms with Crippen LogP contribution in [-0.2, 0) is 0 Å². The molecule has 0 bridgehead atoms. The molecule has 0 spiro atoms. The van der Waals surface area contributed by atoms with E-state index in [1.54, 1.807) is 13.0 Å². The number of aliphatic hydroxyl groups is 1. The molecule has 0 radical (unpaired) electrons. The highest BCUT2D eigenvalue weighted by Gasteiger charge is 2.13. The first-order chi connectivity index (χ1) is 6.02. The van der Waals surface area contributed by atoms with Crippen molar-refractivity contribution < 1.29 is 10.2 Å². The molecule has 13 heavy (non-hydrogen) atoms. The number of hydrogen-bond donors (Lipinski definition) is 3. The van der Waals surface area contributed by atoms with Gasteiger partial charge in [0.1, 0.15) is 5.75 Å². The van der Waals surface area contributed by atoms with E-state index in [1.165, 1.54) is 12.1 Å². The van der Waals surface area contributed by atoms with Gasteiger partial charge in [-0.1, -0.05) is 17.7 Å². The second kappa shape index (κ2) is 3.96. The summed E-state index contributed by atoms with van der Waals surface area (Å²) in [6.07, 6.45) is -0.775. The van der Waals surface area contributed by atoms with E-state index in [4.69, 9.17) is 17.3 Å². The molecule has 1 rings (SSSR count). The Morgan fingerprint density at radius 1 is 1.46 bits per heavy atom. The third-order valence-electron chi connectivity index (χ3n) is 1.81. The van der Waals surface area contributed by atoms with Crippen molar-refractivity contribution in [3.63, 3.8) is 0 Å². The Morgan fingerprint density at radius 2 is 2.08 bits per heavy atom. The van der Waals surface area contributed by atoms with Crippen LogP contribution in [0.3, 0.4) is 0 Å². The number of aromatic hydroxyl groups is 1. The third kappa shape index (κ3) is 2.34. The van der Waals surface area contributed by atoms with E-state index in [-0.39, 0.29) is 16.8 Å². The second-order valence-electron chi connectivity index (χ2n) is 3.01. The second-order valence-corrected chi connectivity index (χ2v) is 3.42. The predicted octanol–water partition coefficient (Wildman–Crippen LogP) is 1.43. The van der Waals surface area contributed by atoms with Crippen LogP contribution in [0.25, 0.3) is 0 Å². The standard InChI is InChI=1S/C9H12ClNO2/c1-5(11)9(13)6-2-3-7(10)8(12)4-6/h2-5,9,12-13H,11H2,1H3. The van der Waals surface area contributed by atoms with Gasteiger partial charge in [0.25, 0.3) is 0 Å². The highest BCUT2D eigenvalue weighted by Crippen LogP contribution is 2.27. The van der Waals surface area contributed by atoms with Gasteiger partial charge < -0.3 is 15.9 Å². The Hall–Kier alpha value is -0.770. The molecule has 4 heteroatoms. The maximum absolute atomic E-state index is 9.53. The maximum Gasteiger partial charge on any atom is 0.134 e. The zero-order chi connectivity index (χ0) is 10.0. The molecule has 2 atom stereocenters. The number of nitrogens with two attached hydrogens (primary N) is 1. The summed E-state index contributed by atoms with van der Waals surface area (Å²) in [5.74, 6) is -0.0427. The van der Waals surface area contributed by atoms with Gasteiger partial charge in [-0.25, -0.2) is 0 Å². The Kier molecular flexibility index (Phi) is 3.14. The summed E-state index contributed by atoms with van der Waals surface area (Å²) < 4.78 is 0. The molecule has 0 saturated carbocycles. The summed E-state index contributed by atoms with van der Waals surface area (Å²) in [7, 11) is 0. The highest BCUT2D eigenvalue weighted by molar-refractivity contribution is 6.32. The van der Waals surface area contributed by atoms with E-state index < -0.39 is 6.10 Å². The first-order valence-corrected chi connectivity index (χ1v) is 4.32. The molecule has 0 aliphatic heterocycles. The van der Waals surface area contributed by atoms with Gasteiger partial charge in [0.2, 0.25) is 0 Å². The van der Waals surface area contributed by atoms with Crippen LogP contribution in [-0.4, -0.2) is 16.3 Å². The van der Waals surface area contributed by atoms with Gasteiger partial charge in [-0.3, -0.25) is 0 Å². The average molecular weight is 202 g/mol. The van der Waals surface area contributed by atoms with E-state index in [9.17, 15) is 10.2 Å². The van der Waals surface area contributed by atoms with Crippen molar-refractivity contribution in [3.8, 4) is 5.75 Å². The average Bonchev–Trinajstić information content (AvgIpc) is 2.08. The quantitative estimate of drug-likeness (QED) is 0.678.